The molecule has 1 saturated heterocycles. The lowest BCUT2D eigenvalue weighted by Gasteiger charge is -2.45. The number of likely N-dealkylation sites (tertiary alicyclic amines) is 1. The van der Waals surface area contributed by atoms with Crippen molar-refractivity contribution in [2.24, 2.45) is 11.3 Å². The number of nitrogens with zero attached hydrogens (tertiary/aromatic N) is 4. The summed E-state index contributed by atoms with van der Waals surface area (Å²) >= 11 is 6.34. The molecule has 1 aliphatic rings. The van der Waals surface area contributed by atoms with E-state index in [2.05, 4.69) is 9.97 Å². The van der Waals surface area contributed by atoms with Gasteiger partial charge >= 0.3 is 12.1 Å². The fraction of sp³-hybridized carbons (Fsp3) is 0.667. The van der Waals surface area contributed by atoms with Crippen molar-refractivity contribution < 1.29 is 24.6 Å². The number of hydrogen-bond donors (Lipinski definition) is 2. The molecule has 2 amide bonds. The fourth-order valence-corrected chi connectivity index (χ4v) is 3.92. The average molecular weight is 455 g/mol. The first-order valence-electron chi connectivity index (χ1n) is 10.2. The molecule has 2 atom stereocenters. The molecule has 0 aliphatic carbocycles. The molecule has 2 N–H and O–H groups in total. The molecule has 1 aromatic rings. The third-order valence-corrected chi connectivity index (χ3v) is 5.64. The van der Waals surface area contributed by atoms with Gasteiger partial charge < -0.3 is 20.0 Å². The molecule has 0 bridgehead atoms. The first-order chi connectivity index (χ1) is 14.2. The van der Waals surface area contributed by atoms with E-state index in [1.54, 1.807) is 0 Å². The van der Waals surface area contributed by atoms with Crippen LogP contribution in [0.5, 0.6) is 0 Å². The molecule has 0 radical (unpaired) electrons. The Balaban J connectivity index is 2.46. The summed E-state index contributed by atoms with van der Waals surface area (Å²) in [7, 11) is 0. The Bertz CT molecular complexity index is 870. The van der Waals surface area contributed by atoms with Gasteiger partial charge in [-0.15, -0.1) is 0 Å². The molecule has 1 unspecified atom stereocenters. The Kier molecular flexibility index (Phi) is 7.20. The lowest BCUT2D eigenvalue weighted by molar-refractivity contribution is -0.152. The zero-order chi connectivity index (χ0) is 23.7. The quantitative estimate of drug-likeness (QED) is 0.653. The summed E-state index contributed by atoms with van der Waals surface area (Å²) in [6.45, 7) is 11.3. The van der Waals surface area contributed by atoms with Gasteiger partial charge in [-0.3, -0.25) is 9.59 Å². The van der Waals surface area contributed by atoms with Gasteiger partial charge in [-0.25, -0.2) is 14.8 Å². The minimum atomic E-state index is -1.31. The molecule has 1 fully saturated rings. The van der Waals surface area contributed by atoms with Gasteiger partial charge in [0.25, 0.3) is 5.91 Å². The molecule has 2 heterocycles. The highest BCUT2D eigenvalue weighted by Crippen LogP contribution is 2.34. The number of hydrogen-bond acceptors (Lipinski definition) is 5. The lowest BCUT2D eigenvalue weighted by atomic mass is 9.79. The van der Waals surface area contributed by atoms with Crippen molar-refractivity contribution in [2.75, 3.05) is 19.6 Å². The molecule has 0 saturated carbocycles. The Morgan fingerprint density at radius 3 is 2.39 bits per heavy atom. The average Bonchev–Trinajstić information content (AvgIpc) is 2.64. The van der Waals surface area contributed by atoms with Crippen LogP contribution in [0.25, 0.3) is 0 Å². The van der Waals surface area contributed by atoms with Crippen molar-refractivity contribution >= 4 is 29.6 Å². The van der Waals surface area contributed by atoms with Crippen molar-refractivity contribution in [2.45, 2.75) is 59.4 Å². The number of halogens is 1. The highest BCUT2D eigenvalue weighted by Gasteiger charge is 2.46. The monoisotopic (exact) mass is 454 g/mol. The van der Waals surface area contributed by atoms with Crippen LogP contribution in [0.2, 0.25) is 5.15 Å². The van der Waals surface area contributed by atoms with Crippen LogP contribution in [0.15, 0.2) is 6.20 Å². The van der Waals surface area contributed by atoms with Gasteiger partial charge in [0.2, 0.25) is 0 Å². The van der Waals surface area contributed by atoms with E-state index in [1.165, 1.54) is 18.0 Å². The number of carbonyl (C=O) groups is 3. The number of carboxylic acids is 1. The summed E-state index contributed by atoms with van der Waals surface area (Å²) in [6, 6.07) is -0.626. The third-order valence-electron chi connectivity index (χ3n) is 5.35. The van der Waals surface area contributed by atoms with E-state index in [1.807, 2.05) is 34.6 Å². The van der Waals surface area contributed by atoms with Gasteiger partial charge in [-0.05, 0) is 19.3 Å². The number of aromatic nitrogens is 2. The molecule has 1 aromatic heterocycles. The molecule has 31 heavy (non-hydrogen) atoms. The minimum absolute atomic E-state index is 0.0191. The zero-order valence-corrected chi connectivity index (χ0v) is 19.6. The van der Waals surface area contributed by atoms with Crippen molar-refractivity contribution in [1.29, 1.82) is 0 Å². The molecular weight excluding hydrogens is 424 g/mol. The van der Waals surface area contributed by atoms with E-state index in [0.717, 1.165) is 4.90 Å². The second-order valence-electron chi connectivity index (χ2n) is 9.89. The topological polar surface area (TPSA) is 124 Å². The second-order valence-corrected chi connectivity index (χ2v) is 10.2. The van der Waals surface area contributed by atoms with E-state index in [4.69, 9.17) is 11.6 Å². The summed E-state index contributed by atoms with van der Waals surface area (Å²) in [5.74, 6) is -0.980. The van der Waals surface area contributed by atoms with Crippen LogP contribution in [-0.4, -0.2) is 73.6 Å². The normalized spacial score (nSPS) is 21.8. The molecule has 0 aromatic carbocycles. The minimum Gasteiger partial charge on any atom is -0.481 e. The molecular formula is C21H31ClN4O5. The summed E-state index contributed by atoms with van der Waals surface area (Å²) in [5.41, 5.74) is -1.55. The largest absolute Gasteiger partial charge is 0.481 e. The van der Waals surface area contributed by atoms with Crippen LogP contribution in [-0.2, 0) is 10.2 Å². The van der Waals surface area contributed by atoms with Crippen LogP contribution in [0, 0.1) is 11.3 Å². The van der Waals surface area contributed by atoms with Crippen molar-refractivity contribution in [3.63, 3.8) is 0 Å². The van der Waals surface area contributed by atoms with Gasteiger partial charge in [-0.1, -0.05) is 46.2 Å². The number of piperidine rings is 1. The number of carboxylic acid groups (broad SMARTS) is 2. The maximum Gasteiger partial charge on any atom is 0.407 e. The van der Waals surface area contributed by atoms with Gasteiger partial charge in [-0.2, -0.15) is 0 Å². The Morgan fingerprint density at radius 1 is 1.32 bits per heavy atom. The van der Waals surface area contributed by atoms with Gasteiger partial charge in [0, 0.05) is 31.2 Å². The fourth-order valence-electron chi connectivity index (χ4n) is 3.71. The Morgan fingerprint density at radius 2 is 1.94 bits per heavy atom. The first-order valence-corrected chi connectivity index (χ1v) is 10.6. The maximum atomic E-state index is 13.5. The summed E-state index contributed by atoms with van der Waals surface area (Å²) in [5, 5.41) is 19.3. The summed E-state index contributed by atoms with van der Waals surface area (Å²) in [4.78, 5) is 48.2. The smallest absolute Gasteiger partial charge is 0.407 e. The van der Waals surface area contributed by atoms with Crippen LogP contribution < -0.4 is 0 Å². The van der Waals surface area contributed by atoms with E-state index in [0.29, 0.717) is 12.4 Å². The van der Waals surface area contributed by atoms with E-state index in [-0.39, 0.29) is 41.6 Å². The SMILES string of the molecule is CC(C)CN(C(=O)c1cnc(C(C)(C)C)nc1Cl)[C@@H]1CN(C(=O)O)CC(C)(C(=O)O)C1. The van der Waals surface area contributed by atoms with Crippen molar-refractivity contribution in [3.05, 3.63) is 22.7 Å². The lowest BCUT2D eigenvalue weighted by Crippen LogP contribution is -2.59. The van der Waals surface area contributed by atoms with Crippen molar-refractivity contribution in [3.8, 4) is 0 Å². The Labute approximate surface area is 187 Å². The van der Waals surface area contributed by atoms with E-state index < -0.39 is 29.4 Å². The zero-order valence-electron chi connectivity index (χ0n) is 18.8. The number of carbonyl (C=O) groups excluding carboxylic acids is 1. The van der Waals surface area contributed by atoms with Gasteiger partial charge in [0.1, 0.15) is 11.0 Å². The molecule has 172 valence electrons. The standard InChI is InChI=1S/C21H31ClN4O5/c1-12(2)9-26(13-7-21(6,18(28)29)11-25(10-13)19(30)31)16(27)14-8-23-17(20(3,4)5)24-15(14)22/h8,12-13H,7,9-11H2,1-6H3,(H,28,29)(H,30,31)/t13-,21?/m0/s1. The number of aliphatic carboxylic acids is 1. The number of rotatable bonds is 5. The third kappa shape index (κ3) is 5.64. The predicted octanol–water partition coefficient (Wildman–Crippen LogP) is 3.37. The molecule has 10 heteroatoms. The Hall–Kier alpha value is -2.42. The van der Waals surface area contributed by atoms with E-state index in [9.17, 15) is 24.6 Å². The van der Waals surface area contributed by atoms with Crippen molar-refractivity contribution in [1.82, 2.24) is 19.8 Å². The first kappa shape index (κ1) is 24.8. The summed E-state index contributed by atoms with van der Waals surface area (Å²) < 4.78 is 0. The molecule has 1 aliphatic heterocycles. The van der Waals surface area contributed by atoms with Crippen LogP contribution in [0.4, 0.5) is 4.79 Å². The van der Waals surface area contributed by atoms with Gasteiger partial charge in [0.05, 0.1) is 17.0 Å². The maximum absolute atomic E-state index is 13.5. The van der Waals surface area contributed by atoms with Gasteiger partial charge in [0.15, 0.2) is 0 Å². The second kappa shape index (κ2) is 8.98. The highest BCUT2D eigenvalue weighted by molar-refractivity contribution is 6.32. The molecule has 0 spiro atoms. The predicted molar refractivity (Wildman–Crippen MR) is 115 cm³/mol. The van der Waals surface area contributed by atoms with Crippen LogP contribution >= 0.6 is 11.6 Å². The highest BCUT2D eigenvalue weighted by atomic mass is 35.5. The van der Waals surface area contributed by atoms with Crippen LogP contribution in [0.1, 0.15) is 64.1 Å². The number of amides is 2. The van der Waals surface area contributed by atoms with E-state index >= 15 is 0 Å². The van der Waals surface area contributed by atoms with Crippen LogP contribution in [0.3, 0.4) is 0 Å². The summed E-state index contributed by atoms with van der Waals surface area (Å²) in [6.07, 6.45) is 0.299. The molecule has 9 nitrogen and oxygen atoms in total. The molecule has 2 rings (SSSR count).